The summed E-state index contributed by atoms with van der Waals surface area (Å²) >= 11 is 0. The second-order valence-corrected chi connectivity index (χ2v) is 7.00. The number of ether oxygens (including phenoxy) is 1. The van der Waals surface area contributed by atoms with Crippen molar-refractivity contribution in [2.24, 2.45) is 0 Å². The number of benzene rings is 1. The van der Waals surface area contributed by atoms with Gasteiger partial charge in [0.2, 0.25) is 0 Å². The van der Waals surface area contributed by atoms with Gasteiger partial charge in [-0.3, -0.25) is 9.09 Å². The Kier molecular flexibility index (Phi) is 5.04. The molecule has 0 saturated carbocycles. The zero-order chi connectivity index (χ0) is 18.8. The summed E-state index contributed by atoms with van der Waals surface area (Å²) in [6, 6.07) is 8.76. The summed E-state index contributed by atoms with van der Waals surface area (Å²) in [4.78, 5) is 12.2. The predicted octanol–water partition coefficient (Wildman–Crippen LogP) is 1.54. The highest BCUT2D eigenvalue weighted by Gasteiger charge is 2.36. The Bertz CT molecular complexity index is 953. The van der Waals surface area contributed by atoms with Gasteiger partial charge in [-0.1, -0.05) is 18.2 Å². The van der Waals surface area contributed by atoms with Crippen LogP contribution < -0.4 is 10.3 Å². The fourth-order valence-electron chi connectivity index (χ4n) is 2.92. The smallest absolute Gasteiger partial charge is 0.367 e. The summed E-state index contributed by atoms with van der Waals surface area (Å²) < 4.78 is 29.9. The maximum Gasteiger partial charge on any atom is 0.367 e. The van der Waals surface area contributed by atoms with Crippen molar-refractivity contribution in [1.29, 1.82) is 0 Å². The molecule has 0 spiro atoms. The lowest BCUT2D eigenvalue weighted by Gasteiger charge is -2.17. The van der Waals surface area contributed by atoms with Crippen LogP contribution in [0.3, 0.4) is 0 Å². The molecule has 3 aromatic rings. The number of nitrogen functional groups attached to an aromatic ring is 1. The number of nitrogens with zero attached hydrogens (tertiary/aromatic N) is 4. The van der Waals surface area contributed by atoms with E-state index in [0.717, 1.165) is 0 Å². The van der Waals surface area contributed by atoms with Crippen LogP contribution in [0.5, 0.6) is 5.75 Å². The van der Waals surface area contributed by atoms with Crippen LogP contribution >= 0.6 is 8.25 Å². The molecule has 4 rings (SSSR count). The van der Waals surface area contributed by atoms with Crippen molar-refractivity contribution in [2.75, 3.05) is 12.3 Å². The molecule has 0 amide bonds. The van der Waals surface area contributed by atoms with Gasteiger partial charge >= 0.3 is 8.25 Å². The van der Waals surface area contributed by atoms with Crippen molar-refractivity contribution in [3.63, 3.8) is 0 Å². The average Bonchev–Trinajstić information content (AvgIpc) is 3.25. The molecule has 0 aliphatic carbocycles. The third-order valence-corrected chi connectivity index (χ3v) is 4.96. The molecule has 0 bridgehead atoms. The van der Waals surface area contributed by atoms with E-state index in [-0.39, 0.29) is 12.4 Å². The van der Waals surface area contributed by atoms with Gasteiger partial charge in [-0.15, -0.1) is 0 Å². The van der Waals surface area contributed by atoms with Crippen LogP contribution in [0.15, 0.2) is 43.0 Å². The summed E-state index contributed by atoms with van der Waals surface area (Å²) in [6.45, 7) is 0.0297. The minimum Gasteiger partial charge on any atom is -0.426 e. The summed E-state index contributed by atoms with van der Waals surface area (Å²) in [5.74, 6) is 0.719. The van der Waals surface area contributed by atoms with Crippen LogP contribution in [0.25, 0.3) is 11.2 Å². The van der Waals surface area contributed by atoms with E-state index in [2.05, 4.69) is 15.0 Å². The van der Waals surface area contributed by atoms with Crippen LogP contribution in [0.2, 0.25) is 0 Å². The van der Waals surface area contributed by atoms with Crippen molar-refractivity contribution < 1.29 is 23.5 Å². The Morgan fingerprint density at radius 1 is 1.30 bits per heavy atom. The molecule has 4 atom stereocenters. The second-order valence-electron chi connectivity index (χ2n) is 6.01. The highest BCUT2D eigenvalue weighted by atomic mass is 31.1. The highest BCUT2D eigenvalue weighted by molar-refractivity contribution is 7.33. The Hall–Kier alpha value is -2.52. The van der Waals surface area contributed by atoms with Crippen molar-refractivity contribution >= 4 is 25.2 Å². The van der Waals surface area contributed by atoms with E-state index in [1.807, 2.05) is 6.07 Å². The van der Waals surface area contributed by atoms with E-state index in [1.165, 1.54) is 12.7 Å². The van der Waals surface area contributed by atoms with Gasteiger partial charge in [-0.2, -0.15) is 0 Å². The number of imidazole rings is 1. The zero-order valence-electron chi connectivity index (χ0n) is 14.1. The molecule has 3 heterocycles. The third-order valence-electron chi connectivity index (χ3n) is 4.16. The van der Waals surface area contributed by atoms with Crippen LogP contribution in [0.1, 0.15) is 12.6 Å². The lowest BCUT2D eigenvalue weighted by Crippen LogP contribution is -2.19. The van der Waals surface area contributed by atoms with Crippen LogP contribution in [-0.2, 0) is 13.8 Å². The SMILES string of the molecule is Nc1ncnc2c1ncn2C1O[C@H](CO[PH](=O)Oc2ccccc2)C[C@@H]1O. The molecule has 10 nitrogen and oxygen atoms in total. The number of hydrogen-bond donors (Lipinski definition) is 2. The van der Waals surface area contributed by atoms with Gasteiger partial charge < -0.3 is 20.1 Å². The quantitative estimate of drug-likeness (QED) is 0.600. The van der Waals surface area contributed by atoms with Gasteiger partial charge in [0, 0.05) is 6.42 Å². The van der Waals surface area contributed by atoms with Crippen molar-refractivity contribution in [1.82, 2.24) is 19.5 Å². The van der Waals surface area contributed by atoms with Crippen LogP contribution in [-0.4, -0.2) is 43.4 Å². The summed E-state index contributed by atoms with van der Waals surface area (Å²) in [6.07, 6.45) is 1.18. The molecular weight excluding hydrogens is 373 g/mol. The van der Waals surface area contributed by atoms with E-state index >= 15 is 0 Å². The normalized spacial score (nSPS) is 23.5. The van der Waals surface area contributed by atoms with Gasteiger partial charge in [0.15, 0.2) is 17.7 Å². The first kappa shape index (κ1) is 17.9. The monoisotopic (exact) mass is 391 g/mol. The molecule has 1 saturated heterocycles. The maximum atomic E-state index is 11.9. The minimum atomic E-state index is -2.72. The standard InChI is InChI=1S/C16H18N5O5P/c17-14-13-15(19-8-18-14)21(9-20-13)16-12(22)6-11(25-16)7-24-27(23)26-10-4-2-1-3-5-10/h1-5,8-9,11-12,16,22,27H,6-7H2,(H2,17,18,19)/t11-,12-,16?/m0/s1. The van der Waals surface area contributed by atoms with Crippen molar-refractivity contribution in [3.05, 3.63) is 43.0 Å². The summed E-state index contributed by atoms with van der Waals surface area (Å²) in [5, 5.41) is 10.4. The first-order valence-corrected chi connectivity index (χ1v) is 9.50. The highest BCUT2D eigenvalue weighted by Crippen LogP contribution is 2.34. The molecule has 2 unspecified atom stereocenters. The predicted molar refractivity (Wildman–Crippen MR) is 96.3 cm³/mol. The molecule has 0 radical (unpaired) electrons. The van der Waals surface area contributed by atoms with Crippen LogP contribution in [0, 0.1) is 0 Å². The minimum absolute atomic E-state index is 0.0297. The number of aromatic nitrogens is 4. The Balaban J connectivity index is 1.38. The van der Waals surface area contributed by atoms with E-state index in [1.54, 1.807) is 28.8 Å². The fraction of sp³-hybridized carbons (Fsp3) is 0.312. The third kappa shape index (κ3) is 3.79. The first-order chi connectivity index (χ1) is 13.1. The van der Waals surface area contributed by atoms with Crippen LogP contribution in [0.4, 0.5) is 5.82 Å². The number of fused-ring (bicyclic) bond motifs is 1. The topological polar surface area (TPSA) is 135 Å². The van der Waals surface area contributed by atoms with Gasteiger partial charge in [-0.05, 0) is 12.1 Å². The maximum absolute atomic E-state index is 11.9. The first-order valence-electron chi connectivity index (χ1n) is 8.28. The molecule has 1 aliphatic heterocycles. The second kappa shape index (κ2) is 7.61. The van der Waals surface area contributed by atoms with Gasteiger partial charge in [0.05, 0.1) is 19.0 Å². The van der Waals surface area contributed by atoms with Crippen molar-refractivity contribution in [2.45, 2.75) is 24.9 Å². The van der Waals surface area contributed by atoms with E-state index in [0.29, 0.717) is 23.3 Å². The Labute approximate surface area is 154 Å². The molecule has 1 aromatic carbocycles. The molecule has 11 heteroatoms. The summed E-state index contributed by atoms with van der Waals surface area (Å²) in [7, 11) is -2.72. The summed E-state index contributed by atoms with van der Waals surface area (Å²) in [5.41, 5.74) is 6.68. The van der Waals surface area contributed by atoms with Gasteiger partial charge in [0.25, 0.3) is 0 Å². The molecular formula is C16H18N5O5P. The lowest BCUT2D eigenvalue weighted by atomic mass is 10.2. The number of aliphatic hydroxyl groups is 1. The number of aliphatic hydroxyl groups excluding tert-OH is 1. The van der Waals surface area contributed by atoms with Crippen molar-refractivity contribution in [3.8, 4) is 5.75 Å². The molecule has 1 fully saturated rings. The molecule has 3 N–H and O–H groups in total. The van der Waals surface area contributed by atoms with E-state index in [9.17, 15) is 9.67 Å². The number of nitrogens with two attached hydrogens (primary N) is 1. The largest absolute Gasteiger partial charge is 0.426 e. The van der Waals surface area contributed by atoms with Gasteiger partial charge in [0.1, 0.15) is 23.7 Å². The lowest BCUT2D eigenvalue weighted by molar-refractivity contribution is -0.0458. The molecule has 1 aliphatic rings. The number of hydrogen-bond acceptors (Lipinski definition) is 9. The number of rotatable bonds is 6. The van der Waals surface area contributed by atoms with E-state index < -0.39 is 26.7 Å². The van der Waals surface area contributed by atoms with Gasteiger partial charge in [-0.25, -0.2) is 19.5 Å². The molecule has 142 valence electrons. The Morgan fingerprint density at radius 2 is 2.11 bits per heavy atom. The molecule has 27 heavy (non-hydrogen) atoms. The zero-order valence-corrected chi connectivity index (χ0v) is 15.1. The molecule has 2 aromatic heterocycles. The number of para-hydroxylation sites is 1. The van der Waals surface area contributed by atoms with E-state index in [4.69, 9.17) is 19.5 Å². The Morgan fingerprint density at radius 3 is 2.93 bits per heavy atom. The number of anilines is 1. The average molecular weight is 391 g/mol. The fourth-order valence-corrected chi connectivity index (χ4v) is 3.63.